The van der Waals surface area contributed by atoms with Crippen molar-refractivity contribution in [3.8, 4) is 0 Å². The van der Waals surface area contributed by atoms with Crippen LogP contribution in [-0.2, 0) is 0 Å². The van der Waals surface area contributed by atoms with E-state index in [0.29, 0.717) is 0 Å². The van der Waals surface area contributed by atoms with Crippen LogP contribution in [0, 0.1) is 0 Å². The number of benzene rings is 6. The first-order valence-corrected chi connectivity index (χ1v) is 18.5. The molecule has 0 unspecified atom stereocenters. The molecule has 0 amide bonds. The van der Waals surface area contributed by atoms with Crippen LogP contribution in [0.2, 0.25) is 0 Å². The maximum absolute atomic E-state index is 7.23. The predicted molar refractivity (Wildman–Crippen MR) is 182 cm³/mol. The fourth-order valence-corrected chi connectivity index (χ4v) is 12.0. The van der Waals surface area contributed by atoms with Gasteiger partial charge in [0.15, 0.2) is 0 Å². The average Bonchev–Trinajstić information content (AvgIpc) is 3.07. The number of hydrogen-bond donors (Lipinski definition) is 0. The molecule has 0 saturated carbocycles. The van der Waals surface area contributed by atoms with Gasteiger partial charge in [-0.25, -0.2) is 0 Å². The van der Waals surface area contributed by atoms with Gasteiger partial charge < -0.3 is 0 Å². The minimum atomic E-state index is -2.05. The molecule has 0 N–H and O–H groups in total. The summed E-state index contributed by atoms with van der Waals surface area (Å²) in [5.41, 5.74) is 0. The largest absolute Gasteiger partial charge is 0.210 e. The van der Waals surface area contributed by atoms with Crippen LogP contribution in [0.25, 0.3) is 0 Å². The molecule has 0 fully saturated rings. The van der Waals surface area contributed by atoms with E-state index in [1.807, 2.05) is 36.4 Å². The lowest BCUT2D eigenvalue weighted by molar-refractivity contribution is 1.73. The van der Waals surface area contributed by atoms with Crippen molar-refractivity contribution in [1.29, 1.82) is 0 Å². The Morgan fingerprint density at radius 2 is 0.350 bits per heavy atom. The highest BCUT2D eigenvalue weighted by Gasteiger charge is 2.45. The summed E-state index contributed by atoms with van der Waals surface area (Å²) >= 11 is 14.5. The highest BCUT2D eigenvalue weighted by atomic mass is 35.7. The van der Waals surface area contributed by atoms with E-state index in [2.05, 4.69) is 146 Å². The van der Waals surface area contributed by atoms with Gasteiger partial charge >= 0.3 is 0 Å². The molecule has 6 aromatic carbocycles. The molecule has 4 heteroatoms. The van der Waals surface area contributed by atoms with E-state index in [0.717, 1.165) is 0 Å². The molecular formula is C36H30Cl2P2+2. The third-order valence-electron chi connectivity index (χ3n) is 6.67. The van der Waals surface area contributed by atoms with Gasteiger partial charge in [-0.2, -0.15) is 0 Å². The smallest absolute Gasteiger partial charge is 0.0620 e. The van der Waals surface area contributed by atoms with Crippen LogP contribution >= 0.6 is 35.7 Å². The molecule has 0 aliphatic heterocycles. The Bertz CT molecular complexity index is 1260. The molecular weight excluding hydrogens is 565 g/mol. The second-order valence-corrected chi connectivity index (χ2v) is 17.7. The van der Waals surface area contributed by atoms with Crippen molar-refractivity contribution in [1.82, 2.24) is 0 Å². The average molecular weight is 595 g/mol. The molecule has 6 aromatic rings. The molecule has 0 heterocycles. The van der Waals surface area contributed by atoms with E-state index in [9.17, 15) is 0 Å². The SMILES string of the molecule is Cl[P+](c1ccccc1)(c1ccccc1)c1ccccc1.Cl[P+](c1ccccc1)(c1ccccc1)c1ccccc1. The molecule has 0 bridgehead atoms. The quantitative estimate of drug-likeness (QED) is 0.170. The molecule has 0 spiro atoms. The van der Waals surface area contributed by atoms with Crippen LogP contribution in [0.4, 0.5) is 0 Å². The summed E-state index contributed by atoms with van der Waals surface area (Å²) in [5, 5.41) is 7.16. The van der Waals surface area contributed by atoms with E-state index >= 15 is 0 Å². The first kappa shape index (κ1) is 28.3. The summed E-state index contributed by atoms with van der Waals surface area (Å²) in [6.07, 6.45) is 0. The zero-order valence-corrected chi connectivity index (χ0v) is 25.3. The Kier molecular flexibility index (Phi) is 9.49. The van der Waals surface area contributed by atoms with Gasteiger partial charge in [0.2, 0.25) is 13.2 Å². The molecule has 0 aromatic heterocycles. The van der Waals surface area contributed by atoms with E-state index in [1.165, 1.54) is 31.8 Å². The van der Waals surface area contributed by atoms with E-state index in [1.54, 1.807) is 0 Å². The van der Waals surface area contributed by atoms with Crippen LogP contribution < -0.4 is 31.8 Å². The Hall–Kier alpha value is -3.24. The fourth-order valence-electron chi connectivity index (χ4n) is 4.69. The molecule has 40 heavy (non-hydrogen) atoms. The second kappa shape index (κ2) is 13.4. The maximum atomic E-state index is 7.23. The summed E-state index contributed by atoms with van der Waals surface area (Å²) in [4.78, 5) is 0. The molecule has 6 rings (SSSR count). The van der Waals surface area contributed by atoms with Crippen molar-refractivity contribution in [2.75, 3.05) is 0 Å². The summed E-state index contributed by atoms with van der Waals surface area (Å²) < 4.78 is 0. The van der Waals surface area contributed by atoms with E-state index in [-0.39, 0.29) is 0 Å². The van der Waals surface area contributed by atoms with Crippen molar-refractivity contribution in [2.45, 2.75) is 0 Å². The summed E-state index contributed by atoms with van der Waals surface area (Å²) in [6.45, 7) is -4.11. The van der Waals surface area contributed by atoms with Crippen LogP contribution in [-0.4, -0.2) is 0 Å². The van der Waals surface area contributed by atoms with Crippen LogP contribution in [0.15, 0.2) is 182 Å². The predicted octanol–water partition coefficient (Wildman–Crippen LogP) is 8.27. The Morgan fingerprint density at radius 1 is 0.225 bits per heavy atom. The Morgan fingerprint density at radius 3 is 0.475 bits per heavy atom. The topological polar surface area (TPSA) is 0 Å². The van der Waals surface area contributed by atoms with Gasteiger partial charge in [-0.3, -0.25) is 0 Å². The van der Waals surface area contributed by atoms with Crippen LogP contribution in [0.3, 0.4) is 0 Å². The molecule has 196 valence electrons. The van der Waals surface area contributed by atoms with Crippen molar-refractivity contribution >= 4 is 67.5 Å². The minimum absolute atomic E-state index is 1.19. The van der Waals surface area contributed by atoms with Crippen molar-refractivity contribution < 1.29 is 0 Å². The number of hydrogen-bond acceptors (Lipinski definition) is 0. The monoisotopic (exact) mass is 594 g/mol. The van der Waals surface area contributed by atoms with Gasteiger partial charge in [-0.15, -0.1) is 0 Å². The first-order valence-electron chi connectivity index (χ1n) is 13.1. The standard InChI is InChI=1S/2C18H15ClP/c2*19-20(16-10-4-1-5-11-16,17-12-6-2-7-13-17)18-14-8-3-9-15-18/h2*1-15H/q2*+1. The second-order valence-electron chi connectivity index (χ2n) is 9.19. The third-order valence-corrected chi connectivity index (χ3v) is 16.2. The zero-order valence-electron chi connectivity index (χ0n) is 22.0. The number of halogens is 2. The normalized spacial score (nSPS) is 11.2. The van der Waals surface area contributed by atoms with Gasteiger partial charge in [0.05, 0.1) is 0 Å². The maximum Gasteiger partial charge on any atom is 0.210 e. The Labute approximate surface area is 248 Å². The minimum Gasteiger partial charge on any atom is -0.0620 e. The molecule has 0 aliphatic carbocycles. The van der Waals surface area contributed by atoms with Crippen molar-refractivity contribution in [3.05, 3.63) is 182 Å². The first-order chi connectivity index (χ1) is 19.6. The lowest BCUT2D eigenvalue weighted by Gasteiger charge is -2.18. The highest BCUT2D eigenvalue weighted by molar-refractivity contribution is 8.15. The highest BCUT2D eigenvalue weighted by Crippen LogP contribution is 2.61. The van der Waals surface area contributed by atoms with Crippen LogP contribution in [0.1, 0.15) is 0 Å². The fraction of sp³-hybridized carbons (Fsp3) is 0. The zero-order chi connectivity index (χ0) is 27.7. The molecule has 0 atom stereocenters. The molecule has 0 nitrogen and oxygen atoms in total. The van der Waals surface area contributed by atoms with Gasteiger partial charge in [-0.05, 0) is 72.8 Å². The van der Waals surface area contributed by atoms with Crippen LogP contribution in [0.5, 0.6) is 0 Å². The van der Waals surface area contributed by atoms with Gasteiger partial charge in [0.1, 0.15) is 54.3 Å². The summed E-state index contributed by atoms with van der Waals surface area (Å²) in [6, 6.07) is 62.3. The molecule has 0 aliphatic rings. The summed E-state index contributed by atoms with van der Waals surface area (Å²) in [5.74, 6) is 0. The van der Waals surface area contributed by atoms with Gasteiger partial charge in [0, 0.05) is 0 Å². The van der Waals surface area contributed by atoms with Gasteiger partial charge in [0.25, 0.3) is 0 Å². The third kappa shape index (κ3) is 6.07. The van der Waals surface area contributed by atoms with E-state index in [4.69, 9.17) is 22.5 Å². The van der Waals surface area contributed by atoms with E-state index < -0.39 is 13.2 Å². The molecule has 0 radical (unpaired) electrons. The van der Waals surface area contributed by atoms with Crippen molar-refractivity contribution in [3.63, 3.8) is 0 Å². The van der Waals surface area contributed by atoms with Crippen molar-refractivity contribution in [2.24, 2.45) is 0 Å². The van der Waals surface area contributed by atoms with Gasteiger partial charge in [-0.1, -0.05) is 109 Å². The Balaban J connectivity index is 0.000000161. The number of rotatable bonds is 6. The molecule has 0 saturated heterocycles. The lowest BCUT2D eigenvalue weighted by Crippen LogP contribution is -2.26. The summed E-state index contributed by atoms with van der Waals surface area (Å²) in [7, 11) is 0. The lowest BCUT2D eigenvalue weighted by atomic mass is 10.4.